The summed E-state index contributed by atoms with van der Waals surface area (Å²) in [5.41, 5.74) is 16.5. The number of anilines is 3. The van der Waals surface area contributed by atoms with Gasteiger partial charge in [-0.05, 0) is 118 Å². The van der Waals surface area contributed by atoms with Crippen molar-refractivity contribution in [3.8, 4) is 33.4 Å². The van der Waals surface area contributed by atoms with E-state index in [0.29, 0.717) is 0 Å². The van der Waals surface area contributed by atoms with Gasteiger partial charge in [0.2, 0.25) is 0 Å². The fourth-order valence-corrected chi connectivity index (χ4v) is 11.1. The molecule has 0 heterocycles. The number of hydrogen-bond donors (Lipinski definition) is 0. The summed E-state index contributed by atoms with van der Waals surface area (Å²) >= 11 is 0. The minimum atomic E-state index is -0.186. The molecule has 0 aliphatic heterocycles. The van der Waals surface area contributed by atoms with Crippen molar-refractivity contribution in [3.63, 3.8) is 0 Å². The van der Waals surface area contributed by atoms with Crippen LogP contribution in [0.3, 0.4) is 0 Å². The predicted molar refractivity (Wildman–Crippen MR) is 252 cm³/mol. The van der Waals surface area contributed by atoms with Gasteiger partial charge in [-0.1, -0.05) is 185 Å². The van der Waals surface area contributed by atoms with Crippen LogP contribution in [0.25, 0.3) is 76.5 Å². The molecule has 0 fully saturated rings. The van der Waals surface area contributed by atoms with Crippen LogP contribution in [0.2, 0.25) is 0 Å². The SMILES string of the molecule is CC1(C)c2ccccc2-c2c(N(c3ccc(-c4cc5ccccc5c5ccccc45)cc3)c3cc4ccccc4c4c3-c3ccccc3C4(C)C)cc3ccccc3c21. The van der Waals surface area contributed by atoms with E-state index in [9.17, 15) is 0 Å². The van der Waals surface area contributed by atoms with Crippen LogP contribution >= 0.6 is 0 Å². The van der Waals surface area contributed by atoms with E-state index >= 15 is 0 Å². The third-order valence-corrected chi connectivity index (χ3v) is 13.7. The Bertz CT molecular complexity index is 3240. The molecule has 2 aliphatic carbocycles. The maximum absolute atomic E-state index is 2.61. The quantitative estimate of drug-likeness (QED) is 0.162. The van der Waals surface area contributed by atoms with E-state index in [-0.39, 0.29) is 10.8 Å². The lowest BCUT2D eigenvalue weighted by Gasteiger charge is -2.33. The Labute approximate surface area is 345 Å². The van der Waals surface area contributed by atoms with Crippen LogP contribution in [0.5, 0.6) is 0 Å². The Morgan fingerprint density at radius 1 is 0.339 bits per heavy atom. The summed E-state index contributed by atoms with van der Waals surface area (Å²) in [6.45, 7) is 9.64. The summed E-state index contributed by atoms with van der Waals surface area (Å²) < 4.78 is 0. The second-order valence-electron chi connectivity index (χ2n) is 17.6. The molecule has 10 aromatic carbocycles. The molecule has 1 nitrogen and oxygen atoms in total. The van der Waals surface area contributed by atoms with Crippen LogP contribution in [0.4, 0.5) is 17.1 Å². The minimum absolute atomic E-state index is 0.186. The van der Waals surface area contributed by atoms with Crippen molar-refractivity contribution in [2.75, 3.05) is 4.90 Å². The molecule has 0 amide bonds. The van der Waals surface area contributed by atoms with Crippen LogP contribution in [0.1, 0.15) is 49.9 Å². The van der Waals surface area contributed by atoms with Crippen molar-refractivity contribution >= 4 is 60.2 Å². The van der Waals surface area contributed by atoms with Crippen molar-refractivity contribution < 1.29 is 0 Å². The largest absolute Gasteiger partial charge is 0.309 e. The van der Waals surface area contributed by atoms with Crippen LogP contribution < -0.4 is 4.90 Å². The molecule has 0 bridgehead atoms. The Balaban J connectivity index is 1.19. The van der Waals surface area contributed by atoms with E-state index in [4.69, 9.17) is 0 Å². The maximum Gasteiger partial charge on any atom is 0.0549 e. The second-order valence-corrected chi connectivity index (χ2v) is 17.6. The summed E-state index contributed by atoms with van der Waals surface area (Å²) in [4.78, 5) is 2.61. The lowest BCUT2D eigenvalue weighted by molar-refractivity contribution is 0.666. The van der Waals surface area contributed by atoms with E-state index in [1.54, 1.807) is 0 Å². The highest BCUT2D eigenvalue weighted by Crippen LogP contribution is 2.60. The maximum atomic E-state index is 2.61. The molecule has 59 heavy (non-hydrogen) atoms. The summed E-state index contributed by atoms with van der Waals surface area (Å²) in [6, 6.07) is 70.5. The van der Waals surface area contributed by atoms with Gasteiger partial charge in [0, 0.05) is 27.6 Å². The average molecular weight is 754 g/mol. The lowest BCUT2D eigenvalue weighted by Crippen LogP contribution is -2.18. The Morgan fingerprint density at radius 2 is 0.746 bits per heavy atom. The van der Waals surface area contributed by atoms with E-state index in [0.717, 1.165) is 5.69 Å². The van der Waals surface area contributed by atoms with Gasteiger partial charge >= 0.3 is 0 Å². The standard InChI is InChI=1S/C58H43N/c1-57(2)49-27-15-13-25-46(49)53-51(34-38-18-6-9-21-42(38)55(53)57)59(52-35-39-19-7-10-22-43(39)56-54(52)47-26-14-16-28-50(47)58(56,3)4)40-31-29-36(30-32-40)48-33-37-17-5-8-20-41(37)44-23-11-12-24-45(44)48/h5-35H,1-4H3. The first kappa shape index (κ1) is 34.1. The number of benzene rings is 10. The fourth-order valence-electron chi connectivity index (χ4n) is 11.1. The molecule has 0 radical (unpaired) electrons. The zero-order valence-electron chi connectivity index (χ0n) is 33.8. The number of nitrogens with zero attached hydrogens (tertiary/aromatic N) is 1. The smallest absolute Gasteiger partial charge is 0.0549 e. The highest BCUT2D eigenvalue weighted by atomic mass is 15.1. The number of rotatable bonds is 4. The molecule has 280 valence electrons. The van der Waals surface area contributed by atoms with Crippen LogP contribution in [0.15, 0.2) is 188 Å². The van der Waals surface area contributed by atoms with Gasteiger partial charge in [0.15, 0.2) is 0 Å². The van der Waals surface area contributed by atoms with Crippen molar-refractivity contribution in [1.82, 2.24) is 0 Å². The molecule has 10 aromatic rings. The zero-order valence-corrected chi connectivity index (χ0v) is 33.8. The van der Waals surface area contributed by atoms with E-state index in [2.05, 4.69) is 221 Å². The van der Waals surface area contributed by atoms with Gasteiger partial charge in [-0.3, -0.25) is 0 Å². The van der Waals surface area contributed by atoms with Gasteiger partial charge in [-0.25, -0.2) is 0 Å². The van der Waals surface area contributed by atoms with E-state index in [1.165, 1.54) is 110 Å². The molecule has 0 aromatic heterocycles. The molecule has 0 unspecified atom stereocenters. The molecular weight excluding hydrogens is 711 g/mol. The van der Waals surface area contributed by atoms with Gasteiger partial charge < -0.3 is 4.90 Å². The zero-order chi connectivity index (χ0) is 39.6. The van der Waals surface area contributed by atoms with Crippen molar-refractivity contribution in [1.29, 1.82) is 0 Å². The molecule has 12 rings (SSSR count). The van der Waals surface area contributed by atoms with Gasteiger partial charge in [-0.2, -0.15) is 0 Å². The minimum Gasteiger partial charge on any atom is -0.309 e. The van der Waals surface area contributed by atoms with E-state index < -0.39 is 0 Å². The van der Waals surface area contributed by atoms with Crippen molar-refractivity contribution in [3.05, 3.63) is 210 Å². The van der Waals surface area contributed by atoms with Crippen LogP contribution in [-0.4, -0.2) is 0 Å². The summed E-state index contributed by atoms with van der Waals surface area (Å²) in [7, 11) is 0. The molecule has 0 atom stereocenters. The summed E-state index contributed by atoms with van der Waals surface area (Å²) in [5, 5.41) is 10.3. The van der Waals surface area contributed by atoms with Crippen LogP contribution in [0, 0.1) is 0 Å². The third kappa shape index (κ3) is 4.73. The molecule has 2 aliphatic rings. The molecule has 0 saturated carbocycles. The van der Waals surface area contributed by atoms with Crippen molar-refractivity contribution in [2.45, 2.75) is 38.5 Å². The van der Waals surface area contributed by atoms with Gasteiger partial charge in [0.25, 0.3) is 0 Å². The summed E-state index contributed by atoms with van der Waals surface area (Å²) in [6.07, 6.45) is 0. The van der Waals surface area contributed by atoms with E-state index in [1.807, 2.05) is 0 Å². The summed E-state index contributed by atoms with van der Waals surface area (Å²) in [5.74, 6) is 0. The molecule has 0 saturated heterocycles. The normalized spacial score (nSPS) is 14.4. The van der Waals surface area contributed by atoms with Gasteiger partial charge in [0.1, 0.15) is 0 Å². The Morgan fingerprint density at radius 3 is 1.27 bits per heavy atom. The predicted octanol–water partition coefficient (Wildman–Crippen LogP) is 16.0. The highest BCUT2D eigenvalue weighted by molar-refractivity contribution is 6.14. The first-order valence-corrected chi connectivity index (χ1v) is 20.9. The Hall–Kier alpha value is -6.96. The first-order chi connectivity index (χ1) is 28.8. The Kier molecular flexibility index (Phi) is 7.10. The fraction of sp³-hybridized carbons (Fsp3) is 0.103. The number of fused-ring (bicyclic) bond motifs is 13. The first-order valence-electron chi connectivity index (χ1n) is 20.9. The topological polar surface area (TPSA) is 3.24 Å². The van der Waals surface area contributed by atoms with Crippen LogP contribution in [-0.2, 0) is 10.8 Å². The third-order valence-electron chi connectivity index (χ3n) is 13.7. The monoisotopic (exact) mass is 753 g/mol. The molecular formula is C58H43N. The average Bonchev–Trinajstić information content (AvgIpc) is 3.67. The second kappa shape index (κ2) is 12.3. The van der Waals surface area contributed by atoms with Gasteiger partial charge in [-0.15, -0.1) is 0 Å². The molecule has 0 N–H and O–H groups in total. The highest BCUT2D eigenvalue weighted by Gasteiger charge is 2.42. The lowest BCUT2D eigenvalue weighted by atomic mass is 9.79. The number of hydrogen-bond acceptors (Lipinski definition) is 1. The van der Waals surface area contributed by atoms with Crippen molar-refractivity contribution in [2.24, 2.45) is 0 Å². The molecule has 1 heteroatoms. The molecule has 0 spiro atoms. The van der Waals surface area contributed by atoms with Gasteiger partial charge in [0.05, 0.1) is 11.4 Å².